The standard InChI is InChI=1S/C22H18N6OS2/c1-13-3-4-16(11-14(13)2)28-20(15-5-8-23-9-6-15)26-27-22(28)31-12-18-24-17-7-10-30-19(17)21(29)25-18/h3-11H,12H2,1-2H3,(H,24,25,29). The lowest BCUT2D eigenvalue weighted by molar-refractivity contribution is 0.881. The Kier molecular flexibility index (Phi) is 5.13. The summed E-state index contributed by atoms with van der Waals surface area (Å²) in [7, 11) is 0. The lowest BCUT2D eigenvalue weighted by Crippen LogP contribution is -2.09. The molecule has 7 nitrogen and oxygen atoms in total. The molecule has 0 saturated carbocycles. The van der Waals surface area contributed by atoms with Crippen LogP contribution in [0.5, 0.6) is 0 Å². The van der Waals surface area contributed by atoms with Gasteiger partial charge in [0.2, 0.25) is 0 Å². The minimum atomic E-state index is -0.108. The van der Waals surface area contributed by atoms with Gasteiger partial charge in [-0.1, -0.05) is 17.8 Å². The highest BCUT2D eigenvalue weighted by Gasteiger charge is 2.17. The van der Waals surface area contributed by atoms with Crippen molar-refractivity contribution in [3.05, 3.63) is 81.5 Å². The molecule has 0 bridgehead atoms. The molecular weight excluding hydrogens is 428 g/mol. The van der Waals surface area contributed by atoms with Crippen molar-refractivity contribution in [2.45, 2.75) is 24.8 Å². The molecule has 9 heteroatoms. The number of hydrogen-bond acceptors (Lipinski definition) is 7. The van der Waals surface area contributed by atoms with E-state index in [2.05, 4.69) is 57.2 Å². The average molecular weight is 447 g/mol. The Bertz CT molecular complexity index is 1440. The number of nitrogens with one attached hydrogen (secondary N) is 1. The number of pyridine rings is 1. The molecule has 5 aromatic rings. The number of thioether (sulfide) groups is 1. The second-order valence-corrected chi connectivity index (χ2v) is 8.94. The molecule has 0 aliphatic heterocycles. The maximum Gasteiger partial charge on any atom is 0.268 e. The van der Waals surface area contributed by atoms with Gasteiger partial charge in [-0.05, 0) is 60.7 Å². The highest BCUT2D eigenvalue weighted by Crippen LogP contribution is 2.30. The van der Waals surface area contributed by atoms with Crippen LogP contribution >= 0.6 is 23.1 Å². The maximum atomic E-state index is 12.3. The molecule has 0 spiro atoms. The monoisotopic (exact) mass is 446 g/mol. The summed E-state index contributed by atoms with van der Waals surface area (Å²) in [4.78, 5) is 23.8. The minimum Gasteiger partial charge on any atom is -0.309 e. The third-order valence-electron chi connectivity index (χ3n) is 5.02. The van der Waals surface area contributed by atoms with E-state index >= 15 is 0 Å². The van der Waals surface area contributed by atoms with Crippen LogP contribution in [0.15, 0.2) is 64.1 Å². The molecule has 0 aliphatic carbocycles. The summed E-state index contributed by atoms with van der Waals surface area (Å²) in [5.74, 6) is 1.82. The Labute approximate surface area is 186 Å². The van der Waals surface area contributed by atoms with Crippen molar-refractivity contribution in [1.82, 2.24) is 29.7 Å². The van der Waals surface area contributed by atoms with Gasteiger partial charge < -0.3 is 4.98 Å². The van der Waals surface area contributed by atoms with Gasteiger partial charge in [0.15, 0.2) is 11.0 Å². The molecule has 1 N–H and O–H groups in total. The second kappa shape index (κ2) is 8.09. The van der Waals surface area contributed by atoms with Gasteiger partial charge in [-0.3, -0.25) is 14.3 Å². The molecule has 0 aliphatic rings. The quantitative estimate of drug-likeness (QED) is 0.399. The van der Waals surface area contributed by atoms with Crippen molar-refractivity contribution in [3.8, 4) is 17.1 Å². The molecule has 4 aromatic heterocycles. The van der Waals surface area contributed by atoms with Gasteiger partial charge >= 0.3 is 0 Å². The Morgan fingerprint density at radius 2 is 1.90 bits per heavy atom. The van der Waals surface area contributed by atoms with E-state index in [1.807, 2.05) is 28.1 Å². The zero-order valence-electron chi connectivity index (χ0n) is 16.9. The third-order valence-corrected chi connectivity index (χ3v) is 6.87. The fourth-order valence-corrected chi connectivity index (χ4v) is 4.82. The highest BCUT2D eigenvalue weighted by atomic mass is 32.2. The number of aromatic nitrogens is 6. The molecule has 154 valence electrons. The van der Waals surface area contributed by atoms with Crippen LogP contribution in [0.25, 0.3) is 27.3 Å². The first-order valence-electron chi connectivity index (χ1n) is 9.63. The van der Waals surface area contributed by atoms with E-state index in [-0.39, 0.29) is 5.56 Å². The minimum absolute atomic E-state index is 0.108. The smallest absolute Gasteiger partial charge is 0.268 e. The van der Waals surface area contributed by atoms with E-state index in [0.717, 1.165) is 27.7 Å². The van der Waals surface area contributed by atoms with Crippen molar-refractivity contribution >= 4 is 33.3 Å². The summed E-state index contributed by atoms with van der Waals surface area (Å²) in [6.45, 7) is 4.18. The Hall–Kier alpha value is -3.30. The van der Waals surface area contributed by atoms with E-state index in [9.17, 15) is 4.79 Å². The van der Waals surface area contributed by atoms with Crippen LogP contribution in [-0.2, 0) is 5.75 Å². The van der Waals surface area contributed by atoms with E-state index < -0.39 is 0 Å². The van der Waals surface area contributed by atoms with Gasteiger partial charge in [-0.2, -0.15) is 0 Å². The number of aromatic amines is 1. The van der Waals surface area contributed by atoms with Crippen molar-refractivity contribution in [3.63, 3.8) is 0 Å². The topological polar surface area (TPSA) is 89.4 Å². The zero-order chi connectivity index (χ0) is 21.4. The molecule has 0 unspecified atom stereocenters. The third kappa shape index (κ3) is 3.77. The van der Waals surface area contributed by atoms with Crippen LogP contribution in [-0.4, -0.2) is 29.7 Å². The number of nitrogens with zero attached hydrogens (tertiary/aromatic N) is 5. The van der Waals surface area contributed by atoms with E-state index in [0.29, 0.717) is 16.3 Å². The van der Waals surface area contributed by atoms with Crippen LogP contribution in [0.3, 0.4) is 0 Å². The Balaban J connectivity index is 1.55. The molecule has 5 rings (SSSR count). The van der Waals surface area contributed by atoms with Crippen LogP contribution in [0.2, 0.25) is 0 Å². The second-order valence-electron chi connectivity index (χ2n) is 7.08. The summed E-state index contributed by atoms with van der Waals surface area (Å²) in [6.07, 6.45) is 3.48. The Morgan fingerprint density at radius 3 is 2.71 bits per heavy atom. The maximum absolute atomic E-state index is 12.3. The van der Waals surface area contributed by atoms with Crippen molar-refractivity contribution in [2.75, 3.05) is 0 Å². The average Bonchev–Trinajstić information content (AvgIpc) is 3.42. The van der Waals surface area contributed by atoms with Crippen LogP contribution in [0, 0.1) is 13.8 Å². The van der Waals surface area contributed by atoms with E-state index in [1.54, 1.807) is 12.4 Å². The van der Waals surface area contributed by atoms with Crippen LogP contribution in [0.4, 0.5) is 0 Å². The SMILES string of the molecule is Cc1ccc(-n2c(SCc3nc4ccsc4c(=O)[nH]3)nnc2-c2ccncc2)cc1C. The van der Waals surface area contributed by atoms with E-state index in [4.69, 9.17) is 0 Å². The number of thiophene rings is 1. The predicted molar refractivity (Wildman–Crippen MR) is 124 cm³/mol. The molecule has 31 heavy (non-hydrogen) atoms. The number of hydrogen-bond donors (Lipinski definition) is 1. The fourth-order valence-electron chi connectivity index (χ4n) is 3.27. The normalized spacial score (nSPS) is 11.3. The molecule has 0 saturated heterocycles. The number of aryl methyl sites for hydroxylation is 2. The molecular formula is C22H18N6OS2. The van der Waals surface area contributed by atoms with Gasteiger partial charge in [-0.25, -0.2) is 4.98 Å². The van der Waals surface area contributed by atoms with Crippen molar-refractivity contribution < 1.29 is 0 Å². The van der Waals surface area contributed by atoms with Crippen LogP contribution < -0.4 is 5.56 Å². The first-order valence-corrected chi connectivity index (χ1v) is 11.5. The lowest BCUT2D eigenvalue weighted by Gasteiger charge is -2.12. The fraction of sp³-hybridized carbons (Fsp3) is 0.136. The van der Waals surface area contributed by atoms with Gasteiger partial charge in [0.25, 0.3) is 5.56 Å². The molecule has 1 aromatic carbocycles. The van der Waals surface area contributed by atoms with Gasteiger partial charge in [-0.15, -0.1) is 21.5 Å². The molecule has 0 amide bonds. The van der Waals surface area contributed by atoms with Gasteiger partial charge in [0.05, 0.1) is 17.0 Å². The molecule has 0 atom stereocenters. The van der Waals surface area contributed by atoms with Gasteiger partial charge in [0.1, 0.15) is 10.5 Å². The largest absolute Gasteiger partial charge is 0.309 e. The molecule has 0 fully saturated rings. The summed E-state index contributed by atoms with van der Waals surface area (Å²) in [5.41, 5.74) is 4.94. The summed E-state index contributed by atoms with van der Waals surface area (Å²) < 4.78 is 2.68. The van der Waals surface area contributed by atoms with Crippen LogP contribution in [0.1, 0.15) is 17.0 Å². The first kappa shape index (κ1) is 19.7. The summed E-state index contributed by atoms with van der Waals surface area (Å²) in [6, 6.07) is 12.0. The number of rotatable bonds is 5. The summed E-state index contributed by atoms with van der Waals surface area (Å²) in [5, 5.41) is 11.5. The van der Waals surface area contributed by atoms with Crippen molar-refractivity contribution in [2.24, 2.45) is 0 Å². The Morgan fingerprint density at radius 1 is 1.06 bits per heavy atom. The van der Waals surface area contributed by atoms with Crippen molar-refractivity contribution in [1.29, 1.82) is 0 Å². The lowest BCUT2D eigenvalue weighted by atomic mass is 10.1. The predicted octanol–water partition coefficient (Wildman–Crippen LogP) is 4.54. The first-order chi connectivity index (χ1) is 15.1. The summed E-state index contributed by atoms with van der Waals surface area (Å²) >= 11 is 2.88. The molecule has 0 radical (unpaired) electrons. The van der Waals surface area contributed by atoms with E-state index in [1.165, 1.54) is 34.2 Å². The molecule has 4 heterocycles. The number of fused-ring (bicyclic) bond motifs is 1. The van der Waals surface area contributed by atoms with Gasteiger partial charge in [0, 0.05) is 18.0 Å². The number of H-pyrrole nitrogens is 1. The zero-order valence-corrected chi connectivity index (χ0v) is 18.5. The highest BCUT2D eigenvalue weighted by molar-refractivity contribution is 7.98. The number of benzene rings is 1.